The number of aliphatic hydroxyl groups is 1. The van der Waals surface area contributed by atoms with E-state index in [1.807, 2.05) is 21.3 Å². The molecule has 0 aliphatic heterocycles. The Hall–Kier alpha value is -9.00. The first-order valence-corrected chi connectivity index (χ1v) is 17.4. The van der Waals surface area contributed by atoms with Crippen LogP contribution in [0.1, 0.15) is 17.2 Å². The van der Waals surface area contributed by atoms with Crippen molar-refractivity contribution in [2.45, 2.75) is 43.1 Å². The van der Waals surface area contributed by atoms with Crippen LogP contribution in [-0.2, 0) is 33.6 Å². The maximum Gasteiger partial charge on any atom is 0.272 e. The second kappa shape index (κ2) is 23.6. The predicted molar refractivity (Wildman–Crippen MR) is 222 cm³/mol. The van der Waals surface area contributed by atoms with Crippen molar-refractivity contribution in [2.24, 2.45) is 82.3 Å². The third-order valence-corrected chi connectivity index (χ3v) is 7.33. The molecule has 31 nitrogen and oxygen atoms in total. The lowest BCUT2D eigenvalue weighted by atomic mass is 10.1. The van der Waals surface area contributed by atoms with E-state index in [-0.39, 0.29) is 16.9 Å². The zero-order valence-electron chi connectivity index (χ0n) is 32.9. The lowest BCUT2D eigenvalue weighted by molar-refractivity contribution is -0.136. The quantitative estimate of drug-likeness (QED) is 0.0314. The number of amides is 7. The Balaban J connectivity index is 2.40. The van der Waals surface area contributed by atoms with E-state index in [2.05, 4.69) is 35.6 Å². The topological polar surface area (TPSA) is 563 Å². The van der Waals surface area contributed by atoms with Crippen molar-refractivity contribution in [3.05, 3.63) is 59.7 Å². The number of nitrogens with two attached hydrogens (primary N) is 10. The van der Waals surface area contributed by atoms with Crippen LogP contribution in [0.25, 0.3) is 0 Å². The van der Waals surface area contributed by atoms with Crippen LogP contribution in [0.5, 0.6) is 11.5 Å². The van der Waals surface area contributed by atoms with Gasteiger partial charge in [0.15, 0.2) is 30.0 Å². The molecule has 31 heteroatoms. The number of benzene rings is 2. The number of aromatic hydroxyl groups is 1. The third-order valence-electron chi connectivity index (χ3n) is 7.33. The number of hydrogen-bond acceptors (Lipinski definition) is 16. The Morgan fingerprint density at radius 3 is 1.40 bits per heavy atom. The molecule has 28 N–H and O–H groups in total. The van der Waals surface area contributed by atoms with Crippen molar-refractivity contribution in [1.82, 2.24) is 31.9 Å². The minimum Gasteiger partial charge on any atom is -0.507 e. The number of hydrogen-bond donors (Lipinski definition) is 18. The van der Waals surface area contributed by atoms with Gasteiger partial charge in [0.1, 0.15) is 17.5 Å². The molecule has 7 amide bonds. The Morgan fingerprint density at radius 2 is 1.00 bits per heavy atom. The normalized spacial score (nSPS) is 13.9. The highest BCUT2D eigenvalue weighted by Gasteiger charge is 2.34. The van der Waals surface area contributed by atoms with E-state index in [1.165, 1.54) is 49.6 Å². The first-order chi connectivity index (χ1) is 29.5. The van der Waals surface area contributed by atoms with Gasteiger partial charge in [-0.3, -0.25) is 38.6 Å². The van der Waals surface area contributed by atoms with Crippen molar-refractivity contribution in [3.63, 3.8) is 0 Å². The number of aliphatic imine (C=N–C) groups is 5. The second-order valence-electron chi connectivity index (χ2n) is 12.2. The van der Waals surface area contributed by atoms with Crippen molar-refractivity contribution in [2.75, 3.05) is 7.11 Å². The first-order valence-electron chi connectivity index (χ1n) is 17.4. The Morgan fingerprint density at radius 1 is 0.587 bits per heavy atom. The zero-order chi connectivity index (χ0) is 47.6. The fourth-order valence-electron chi connectivity index (χ4n) is 4.53. The molecule has 0 saturated carbocycles. The molecule has 0 radical (unpaired) electrons. The standard InChI is InChI=1S/C32H47N21O10/c1-63-13-7-8-14(54)12(9-13)10-43-27(61)28(62)44-15(11-5-3-2-4-6-11)22(56)46-19(51-30(37)38)24(58)48-21(53-32(41)42)26(60)49-20(52-31(39)40)25(59)47-18(50-29(35)36)23(57)45-16(33)17(34)55/h2-10,15-16,18-21,27,54,61H,33H2,1H3,(H2,34,55)(H,44,62)(H,45,57)(H,46,56)(H,47,59)(H,48,58)(H,49,60)(H4,35,36,50)(H4,37,38,51)(H4,39,40,52)(H4,41,42,53). The van der Waals surface area contributed by atoms with Crippen LogP contribution in [0.2, 0.25) is 0 Å². The smallest absolute Gasteiger partial charge is 0.272 e. The molecular weight excluding hydrogens is 838 g/mol. The van der Waals surface area contributed by atoms with Gasteiger partial charge in [-0.1, -0.05) is 30.3 Å². The number of rotatable bonds is 21. The number of carbonyl (C=O) groups excluding carboxylic acids is 7. The molecular formula is C32H47N21O10. The number of aliphatic hydroxyl groups excluding tert-OH is 1. The molecule has 7 atom stereocenters. The van der Waals surface area contributed by atoms with Crippen molar-refractivity contribution >= 4 is 71.4 Å². The molecule has 0 aliphatic rings. The summed E-state index contributed by atoms with van der Waals surface area (Å²) in [6.45, 7) is 0. The van der Waals surface area contributed by atoms with Crippen LogP contribution < -0.4 is 94.0 Å². The number of ether oxygens (including phenoxy) is 1. The largest absolute Gasteiger partial charge is 0.507 e. The van der Waals surface area contributed by atoms with E-state index >= 15 is 0 Å². The molecule has 0 spiro atoms. The number of nitrogens with one attached hydrogen (secondary N) is 6. The molecule has 340 valence electrons. The maximum absolute atomic E-state index is 13.8. The van der Waals surface area contributed by atoms with Crippen LogP contribution >= 0.6 is 0 Å². The Labute approximate surface area is 355 Å². The van der Waals surface area contributed by atoms with E-state index < -0.39 is 108 Å². The number of phenols is 1. The highest BCUT2D eigenvalue weighted by molar-refractivity contribution is 5.99. The predicted octanol–water partition coefficient (Wildman–Crippen LogP) is -10.3. The summed E-state index contributed by atoms with van der Waals surface area (Å²) < 4.78 is 5.08. The summed E-state index contributed by atoms with van der Waals surface area (Å²) >= 11 is 0. The molecule has 63 heavy (non-hydrogen) atoms. The molecule has 2 rings (SSSR count). The van der Waals surface area contributed by atoms with E-state index in [0.717, 1.165) is 6.21 Å². The van der Waals surface area contributed by atoms with Gasteiger partial charge in [-0.05, 0) is 23.8 Å². The molecule has 0 saturated heterocycles. The third kappa shape index (κ3) is 16.6. The fourth-order valence-corrected chi connectivity index (χ4v) is 4.53. The lowest BCUT2D eigenvalue weighted by Gasteiger charge is -2.24. The number of primary amides is 1. The van der Waals surface area contributed by atoms with Gasteiger partial charge in [0.25, 0.3) is 35.4 Å². The van der Waals surface area contributed by atoms with Gasteiger partial charge in [-0.2, -0.15) is 0 Å². The van der Waals surface area contributed by atoms with Gasteiger partial charge >= 0.3 is 0 Å². The number of carbonyl (C=O) groups is 7. The molecule has 7 unspecified atom stereocenters. The van der Waals surface area contributed by atoms with Crippen LogP contribution in [0, 0.1) is 0 Å². The van der Waals surface area contributed by atoms with E-state index in [0.29, 0.717) is 5.75 Å². The summed E-state index contributed by atoms with van der Waals surface area (Å²) in [6.07, 6.45) is -11.5. The van der Waals surface area contributed by atoms with Crippen LogP contribution in [0.15, 0.2) is 73.5 Å². The monoisotopic (exact) mass is 885 g/mol. The number of guanidine groups is 4. The molecule has 0 aliphatic carbocycles. The highest BCUT2D eigenvalue weighted by atomic mass is 16.5. The van der Waals surface area contributed by atoms with Gasteiger partial charge < -0.3 is 104 Å². The van der Waals surface area contributed by atoms with Crippen molar-refractivity contribution < 1.29 is 48.5 Å². The summed E-state index contributed by atoms with van der Waals surface area (Å²) in [5, 5.41) is 33.0. The minimum atomic E-state index is -2.20. The van der Waals surface area contributed by atoms with Crippen LogP contribution in [0.3, 0.4) is 0 Å². The van der Waals surface area contributed by atoms with Crippen molar-refractivity contribution in [3.8, 4) is 11.5 Å². The summed E-state index contributed by atoms with van der Waals surface area (Å²) in [5.41, 5.74) is 54.1. The highest BCUT2D eigenvalue weighted by Crippen LogP contribution is 2.21. The maximum atomic E-state index is 13.8. The van der Waals surface area contributed by atoms with Crippen LogP contribution in [-0.4, -0.2) is 126 Å². The van der Waals surface area contributed by atoms with Gasteiger partial charge in [-0.25, -0.2) is 20.0 Å². The lowest BCUT2D eigenvalue weighted by Crippen LogP contribution is -2.60. The zero-order valence-corrected chi connectivity index (χ0v) is 32.9. The molecule has 0 fully saturated rings. The molecule has 0 bridgehead atoms. The second-order valence-corrected chi connectivity index (χ2v) is 12.2. The van der Waals surface area contributed by atoms with Crippen LogP contribution in [0.4, 0.5) is 0 Å². The summed E-state index contributed by atoms with van der Waals surface area (Å²) in [5.74, 6) is -12.3. The SMILES string of the molecule is COc1ccc(O)c(C=NC(O)C(=O)NC(C(=O)NC(N=C(N)N)C(=O)NC(N=C(N)N)C(=O)NC(N=C(N)N)C(=O)NC(N=C(N)N)C(=O)NC(N)C(N)=O)c2ccccc2)c1. The molecule has 0 aromatic heterocycles. The number of phenolic OH excluding ortho intramolecular Hbond substituents is 1. The fraction of sp³-hybridized carbons (Fsp3) is 0.250. The average molecular weight is 886 g/mol. The molecule has 2 aromatic carbocycles. The Bertz CT molecular complexity index is 2150. The molecule has 2 aromatic rings. The summed E-state index contributed by atoms with van der Waals surface area (Å²) in [7, 11) is 1.37. The number of methoxy groups -OCH3 is 1. The Kier molecular flexibility index (Phi) is 18.7. The van der Waals surface area contributed by atoms with E-state index in [1.54, 1.807) is 6.07 Å². The van der Waals surface area contributed by atoms with Crippen molar-refractivity contribution in [1.29, 1.82) is 0 Å². The van der Waals surface area contributed by atoms with Gasteiger partial charge in [-0.15, -0.1) is 0 Å². The van der Waals surface area contributed by atoms with E-state index in [4.69, 9.17) is 62.1 Å². The molecule has 0 heterocycles. The van der Waals surface area contributed by atoms with E-state index in [9.17, 15) is 43.8 Å². The first kappa shape index (κ1) is 50.1. The summed E-state index contributed by atoms with van der Waals surface area (Å²) in [6, 6.07) is 9.76. The summed E-state index contributed by atoms with van der Waals surface area (Å²) in [4.78, 5) is 109. The minimum absolute atomic E-state index is 0.0669. The van der Waals surface area contributed by atoms with Gasteiger partial charge in [0, 0.05) is 11.8 Å². The average Bonchev–Trinajstić information content (AvgIpc) is 3.20. The number of nitrogens with zero attached hydrogens (tertiary/aromatic N) is 5. The van der Waals surface area contributed by atoms with Gasteiger partial charge in [0.05, 0.1) is 7.11 Å². The van der Waals surface area contributed by atoms with Gasteiger partial charge in [0.2, 0.25) is 36.8 Å².